The van der Waals surface area contributed by atoms with Crippen molar-refractivity contribution in [2.45, 2.75) is 49.6 Å². The van der Waals surface area contributed by atoms with Crippen LogP contribution in [0.4, 0.5) is 4.79 Å². The summed E-state index contributed by atoms with van der Waals surface area (Å²) in [5.74, 6) is 0.460. The monoisotopic (exact) mass is 494 g/mol. The fraction of sp³-hybridized carbons (Fsp3) is 0.444. The van der Waals surface area contributed by atoms with E-state index < -0.39 is 23.6 Å². The van der Waals surface area contributed by atoms with Crippen LogP contribution in [0.3, 0.4) is 0 Å². The van der Waals surface area contributed by atoms with Crippen LogP contribution in [-0.4, -0.2) is 64.2 Å². The maximum atomic E-state index is 13.1. The highest BCUT2D eigenvalue weighted by Gasteiger charge is 2.41. The first-order valence-corrected chi connectivity index (χ1v) is 13.4. The molecule has 7 nitrogen and oxygen atoms in total. The molecular weight excluding hydrogens is 464 g/mol. The van der Waals surface area contributed by atoms with Gasteiger partial charge in [0.1, 0.15) is 12.6 Å². The number of benzene rings is 2. The van der Waals surface area contributed by atoms with Crippen LogP contribution in [0, 0.1) is 0 Å². The Hall–Kier alpha value is -3.00. The van der Waals surface area contributed by atoms with Crippen molar-refractivity contribution in [2.24, 2.45) is 0 Å². The predicted octanol–water partition coefficient (Wildman–Crippen LogP) is 4.26. The number of nitrogens with zero attached hydrogens (tertiary/aromatic N) is 1. The number of likely N-dealkylation sites (tertiary alicyclic amines) is 1. The van der Waals surface area contributed by atoms with Gasteiger partial charge >= 0.3 is 12.1 Å². The molecule has 2 heterocycles. The van der Waals surface area contributed by atoms with Gasteiger partial charge in [0.25, 0.3) is 0 Å². The zero-order valence-electron chi connectivity index (χ0n) is 19.6. The highest BCUT2D eigenvalue weighted by atomic mass is 32.2. The van der Waals surface area contributed by atoms with Gasteiger partial charge in [-0.15, -0.1) is 0 Å². The molecule has 2 aromatic rings. The molecule has 0 aromatic heterocycles. The van der Waals surface area contributed by atoms with Crippen molar-refractivity contribution in [3.8, 4) is 11.1 Å². The van der Waals surface area contributed by atoms with Crippen molar-refractivity contribution in [2.75, 3.05) is 24.7 Å². The number of amides is 2. The topological polar surface area (TPSA) is 95.9 Å². The number of carboxylic acid groups (broad SMARTS) is 1. The molecule has 184 valence electrons. The van der Waals surface area contributed by atoms with E-state index in [0.29, 0.717) is 32.2 Å². The quantitative estimate of drug-likeness (QED) is 0.623. The van der Waals surface area contributed by atoms with Crippen molar-refractivity contribution < 1.29 is 24.2 Å². The third kappa shape index (κ3) is 4.76. The Balaban J connectivity index is 1.27. The number of ether oxygens (including phenoxy) is 1. The Morgan fingerprint density at radius 1 is 1.03 bits per heavy atom. The summed E-state index contributed by atoms with van der Waals surface area (Å²) in [6.07, 6.45) is 2.04. The highest BCUT2D eigenvalue weighted by molar-refractivity contribution is 7.99. The Morgan fingerprint density at radius 3 is 2.29 bits per heavy atom. The second kappa shape index (κ2) is 9.93. The lowest BCUT2D eigenvalue weighted by atomic mass is 9.87. The van der Waals surface area contributed by atoms with Gasteiger partial charge in [-0.3, -0.25) is 4.79 Å². The number of carbonyl (C=O) groups is 3. The van der Waals surface area contributed by atoms with Crippen molar-refractivity contribution >= 4 is 29.7 Å². The van der Waals surface area contributed by atoms with Crippen molar-refractivity contribution in [1.29, 1.82) is 0 Å². The van der Waals surface area contributed by atoms with Gasteiger partial charge in [-0.05, 0) is 59.4 Å². The lowest BCUT2D eigenvalue weighted by molar-refractivity contribution is -0.148. The smallest absolute Gasteiger partial charge is 0.407 e. The van der Waals surface area contributed by atoms with Gasteiger partial charge in [-0.25, -0.2) is 9.59 Å². The van der Waals surface area contributed by atoms with Gasteiger partial charge in [-0.2, -0.15) is 11.8 Å². The van der Waals surface area contributed by atoms with E-state index in [0.717, 1.165) is 22.6 Å². The zero-order chi connectivity index (χ0) is 24.4. The van der Waals surface area contributed by atoms with Gasteiger partial charge < -0.3 is 20.1 Å². The lowest BCUT2D eigenvalue weighted by Gasteiger charge is -2.38. The summed E-state index contributed by atoms with van der Waals surface area (Å²) < 4.78 is 5.76. The van der Waals surface area contributed by atoms with Crippen LogP contribution in [0.2, 0.25) is 0 Å². The summed E-state index contributed by atoms with van der Waals surface area (Å²) in [4.78, 5) is 39.2. The summed E-state index contributed by atoms with van der Waals surface area (Å²) in [5, 5.41) is 12.5. The summed E-state index contributed by atoms with van der Waals surface area (Å²) in [6, 6.07) is 15.6. The minimum Gasteiger partial charge on any atom is -0.480 e. The molecule has 2 amide bonds. The number of alkyl carbamates (subject to hydrolysis) is 1. The van der Waals surface area contributed by atoms with E-state index in [9.17, 15) is 19.5 Å². The van der Waals surface area contributed by atoms with Crippen molar-refractivity contribution in [1.82, 2.24) is 10.2 Å². The molecule has 0 unspecified atom stereocenters. The van der Waals surface area contributed by atoms with Crippen LogP contribution in [0.15, 0.2) is 48.5 Å². The molecule has 2 fully saturated rings. The number of carbonyl (C=O) groups excluding carboxylic acids is 2. The van der Waals surface area contributed by atoms with E-state index in [-0.39, 0.29) is 24.9 Å². The normalized spacial score (nSPS) is 20.7. The number of carboxylic acids is 1. The molecule has 1 aliphatic carbocycles. The number of nitrogens with one attached hydrogen (secondary N) is 1. The minimum absolute atomic E-state index is 0.0337. The lowest BCUT2D eigenvalue weighted by Crippen LogP contribution is -2.54. The average Bonchev–Trinajstić information content (AvgIpc) is 3.47. The predicted molar refractivity (Wildman–Crippen MR) is 134 cm³/mol. The minimum atomic E-state index is -0.964. The Bertz CT molecular complexity index is 1080. The number of fused-ring (bicyclic) bond motifs is 3. The molecule has 0 spiro atoms. The first-order valence-electron chi connectivity index (χ1n) is 12.2. The fourth-order valence-electron chi connectivity index (χ4n) is 5.67. The number of rotatable bonds is 6. The molecule has 2 N–H and O–H groups in total. The third-order valence-corrected chi connectivity index (χ3v) is 8.49. The fourth-order valence-corrected chi connectivity index (χ4v) is 6.95. The molecule has 1 atom stereocenters. The molecule has 35 heavy (non-hydrogen) atoms. The Labute approximate surface area is 209 Å². The second-order valence-corrected chi connectivity index (χ2v) is 10.8. The average molecular weight is 495 g/mol. The Morgan fingerprint density at radius 2 is 1.66 bits per heavy atom. The molecule has 0 radical (unpaired) electrons. The molecular formula is C27H30N2O5S. The van der Waals surface area contributed by atoms with E-state index in [1.54, 1.807) is 11.8 Å². The summed E-state index contributed by atoms with van der Waals surface area (Å²) in [6.45, 7) is 0.664. The standard InChI is InChI=1S/C27H30N2O5S/c30-24(29-13-5-10-23(29)25(31)32)16-27(11-14-35-15-12-27)28-26(33)34-17-22-20-8-3-1-6-18(20)19-7-2-4-9-21(19)22/h1-4,6-9,22-23H,5,10-17H2,(H,28,33)(H,31,32)/t23-/m0/s1. The van der Waals surface area contributed by atoms with Gasteiger partial charge in [0.2, 0.25) is 5.91 Å². The molecule has 8 heteroatoms. The van der Waals surface area contributed by atoms with E-state index >= 15 is 0 Å². The van der Waals surface area contributed by atoms with E-state index in [4.69, 9.17) is 4.74 Å². The first kappa shape index (κ1) is 23.7. The summed E-state index contributed by atoms with van der Waals surface area (Å²) >= 11 is 1.80. The van der Waals surface area contributed by atoms with Gasteiger partial charge in [-0.1, -0.05) is 48.5 Å². The largest absolute Gasteiger partial charge is 0.480 e. The van der Waals surface area contributed by atoms with Crippen LogP contribution < -0.4 is 5.32 Å². The second-order valence-electron chi connectivity index (χ2n) is 9.60. The molecule has 2 aliphatic heterocycles. The SMILES string of the molecule is O=C(NC1(CC(=O)N2CCC[C@H]2C(=O)O)CCSCC1)OCC1c2ccccc2-c2ccccc21. The maximum Gasteiger partial charge on any atom is 0.407 e. The van der Waals surface area contributed by atoms with Crippen molar-refractivity contribution in [3.05, 3.63) is 59.7 Å². The van der Waals surface area contributed by atoms with Gasteiger partial charge in [0.05, 0.1) is 12.0 Å². The first-order chi connectivity index (χ1) is 17.0. The van der Waals surface area contributed by atoms with Gasteiger partial charge in [0.15, 0.2) is 0 Å². The van der Waals surface area contributed by atoms with E-state index in [1.165, 1.54) is 16.0 Å². The van der Waals surface area contributed by atoms with Crippen LogP contribution in [0.1, 0.15) is 49.1 Å². The van der Waals surface area contributed by atoms with Crippen LogP contribution >= 0.6 is 11.8 Å². The van der Waals surface area contributed by atoms with E-state index in [1.807, 2.05) is 24.3 Å². The Kier molecular flexibility index (Phi) is 6.73. The van der Waals surface area contributed by atoms with Crippen LogP contribution in [-0.2, 0) is 14.3 Å². The van der Waals surface area contributed by atoms with Crippen molar-refractivity contribution in [3.63, 3.8) is 0 Å². The molecule has 3 aliphatic rings. The zero-order valence-corrected chi connectivity index (χ0v) is 20.4. The third-order valence-electron chi connectivity index (χ3n) is 7.51. The highest BCUT2D eigenvalue weighted by Crippen LogP contribution is 2.44. The van der Waals surface area contributed by atoms with Crippen LogP contribution in [0.5, 0.6) is 0 Å². The number of hydrogen-bond donors (Lipinski definition) is 2. The van der Waals surface area contributed by atoms with Crippen LogP contribution in [0.25, 0.3) is 11.1 Å². The number of hydrogen-bond acceptors (Lipinski definition) is 5. The summed E-state index contributed by atoms with van der Waals surface area (Å²) in [5.41, 5.74) is 3.92. The molecule has 5 rings (SSSR count). The van der Waals surface area contributed by atoms with Gasteiger partial charge in [0, 0.05) is 12.5 Å². The molecule has 2 aromatic carbocycles. The molecule has 0 bridgehead atoms. The number of thioether (sulfide) groups is 1. The molecule has 2 saturated heterocycles. The maximum absolute atomic E-state index is 13.1. The van der Waals surface area contributed by atoms with E-state index in [2.05, 4.69) is 29.6 Å². The molecule has 0 saturated carbocycles. The summed E-state index contributed by atoms with van der Waals surface area (Å²) in [7, 11) is 0. The number of aliphatic carboxylic acids is 1.